The molecule has 0 saturated heterocycles. The van der Waals surface area contributed by atoms with Crippen LogP contribution in [0.4, 0.5) is 0 Å². The number of hydrogen-bond acceptors (Lipinski definition) is 6. The lowest BCUT2D eigenvalue weighted by Crippen LogP contribution is -2.41. The number of hydrogen-bond donors (Lipinski definition) is 5. The van der Waals surface area contributed by atoms with Crippen molar-refractivity contribution in [1.82, 2.24) is 31.5 Å². The zero-order valence-corrected chi connectivity index (χ0v) is 18.0. The molecule has 0 aromatic rings. The van der Waals surface area contributed by atoms with Crippen molar-refractivity contribution in [1.29, 1.82) is 0 Å². The molecule has 0 fully saturated rings. The molecule has 0 bridgehead atoms. The molecule has 1 heterocycles. The molecule has 4 amide bonds. The van der Waals surface area contributed by atoms with Crippen molar-refractivity contribution in [2.45, 2.75) is 19.3 Å². The van der Waals surface area contributed by atoms with Crippen molar-refractivity contribution < 1.29 is 19.2 Å². The lowest BCUT2D eigenvalue weighted by molar-refractivity contribution is -0.125. The predicted molar refractivity (Wildman–Crippen MR) is 118 cm³/mol. The van der Waals surface area contributed by atoms with E-state index < -0.39 is 0 Å². The topological polar surface area (TPSA) is 132 Å². The van der Waals surface area contributed by atoms with E-state index in [1.165, 1.54) is 11.0 Å². The molecule has 1 aliphatic rings. The van der Waals surface area contributed by atoms with Crippen LogP contribution in [-0.2, 0) is 19.2 Å². The second-order valence-electron chi connectivity index (χ2n) is 6.88. The quantitative estimate of drug-likeness (QED) is 0.231. The van der Waals surface area contributed by atoms with Gasteiger partial charge in [-0.25, -0.2) is 0 Å². The minimum absolute atomic E-state index is 0.0648. The lowest BCUT2D eigenvalue weighted by atomic mass is 10.2. The van der Waals surface area contributed by atoms with Crippen molar-refractivity contribution >= 4 is 23.6 Å². The summed E-state index contributed by atoms with van der Waals surface area (Å²) in [6.07, 6.45) is 4.45. The molecule has 0 radical (unpaired) electrons. The van der Waals surface area contributed by atoms with Gasteiger partial charge in [-0.1, -0.05) is 19.7 Å². The summed E-state index contributed by atoms with van der Waals surface area (Å²) < 4.78 is 0. The fourth-order valence-corrected chi connectivity index (χ4v) is 2.48. The molecular weight excluding hydrogens is 400 g/mol. The molecule has 170 valence electrons. The van der Waals surface area contributed by atoms with Crippen LogP contribution in [-0.4, -0.2) is 68.3 Å². The zero-order valence-electron chi connectivity index (χ0n) is 18.0. The molecule has 0 aromatic carbocycles. The number of rotatable bonds is 15. The van der Waals surface area contributed by atoms with Gasteiger partial charge in [-0.15, -0.1) is 0 Å². The normalized spacial score (nSPS) is 12.4. The Kier molecular flexibility index (Phi) is 11.2. The Morgan fingerprint density at radius 1 is 0.871 bits per heavy atom. The number of carbonyl (C=O) groups is 4. The van der Waals surface area contributed by atoms with Crippen molar-refractivity contribution in [3.8, 4) is 0 Å². The fourth-order valence-electron chi connectivity index (χ4n) is 2.48. The van der Waals surface area contributed by atoms with Crippen molar-refractivity contribution in [3.63, 3.8) is 0 Å². The van der Waals surface area contributed by atoms with Gasteiger partial charge in [-0.3, -0.25) is 19.2 Å². The molecule has 1 aliphatic heterocycles. The number of allylic oxidation sites excluding steroid dienone is 1. The van der Waals surface area contributed by atoms with Crippen LogP contribution in [0.1, 0.15) is 19.3 Å². The van der Waals surface area contributed by atoms with Gasteiger partial charge in [0.05, 0.1) is 19.6 Å². The van der Waals surface area contributed by atoms with E-state index in [-0.39, 0.29) is 49.7 Å². The molecule has 10 heteroatoms. The van der Waals surface area contributed by atoms with E-state index in [2.05, 4.69) is 46.3 Å². The first-order valence-electron chi connectivity index (χ1n) is 9.98. The summed E-state index contributed by atoms with van der Waals surface area (Å²) in [7, 11) is 1.75. The Bertz CT molecular complexity index is 741. The summed E-state index contributed by atoms with van der Waals surface area (Å²) in [5.74, 6) is -0.974. The van der Waals surface area contributed by atoms with Gasteiger partial charge in [0.2, 0.25) is 17.7 Å². The molecule has 0 aliphatic carbocycles. The highest BCUT2D eigenvalue weighted by Gasteiger charge is 2.18. The van der Waals surface area contributed by atoms with Crippen molar-refractivity contribution in [2.24, 2.45) is 0 Å². The van der Waals surface area contributed by atoms with Crippen LogP contribution in [0.2, 0.25) is 0 Å². The summed E-state index contributed by atoms with van der Waals surface area (Å²) in [4.78, 5) is 48.4. The smallest absolute Gasteiger partial charge is 0.251 e. The maximum absolute atomic E-state index is 11.9. The van der Waals surface area contributed by atoms with Gasteiger partial charge in [0.1, 0.15) is 0 Å². The molecule has 31 heavy (non-hydrogen) atoms. The number of nitrogens with zero attached hydrogens (tertiary/aromatic N) is 1. The van der Waals surface area contributed by atoms with Gasteiger partial charge in [0, 0.05) is 56.1 Å². The molecular formula is C21H32N6O4. The van der Waals surface area contributed by atoms with Crippen LogP contribution >= 0.6 is 0 Å². The van der Waals surface area contributed by atoms with Gasteiger partial charge in [-0.2, -0.15) is 0 Å². The van der Waals surface area contributed by atoms with Crippen LogP contribution in [0.5, 0.6) is 0 Å². The Morgan fingerprint density at radius 3 is 2.16 bits per heavy atom. The van der Waals surface area contributed by atoms with E-state index in [4.69, 9.17) is 0 Å². The summed E-state index contributed by atoms with van der Waals surface area (Å²) >= 11 is 0. The second kappa shape index (κ2) is 13.6. The summed E-state index contributed by atoms with van der Waals surface area (Å²) in [6.45, 7) is 12.1. The van der Waals surface area contributed by atoms with Crippen LogP contribution in [0.25, 0.3) is 0 Å². The van der Waals surface area contributed by atoms with Crippen LogP contribution in [0.3, 0.4) is 0 Å². The first-order chi connectivity index (χ1) is 14.7. The molecule has 0 spiro atoms. The fraction of sp³-hybridized carbons (Fsp3) is 0.429. The molecule has 0 atom stereocenters. The molecule has 0 unspecified atom stereocenters. The van der Waals surface area contributed by atoms with Crippen molar-refractivity contribution in [3.05, 3.63) is 49.0 Å². The highest BCUT2D eigenvalue weighted by Crippen LogP contribution is 2.13. The van der Waals surface area contributed by atoms with E-state index in [0.29, 0.717) is 37.3 Å². The zero-order chi connectivity index (χ0) is 23.2. The summed E-state index contributed by atoms with van der Waals surface area (Å²) in [5.41, 5.74) is 1.90. The van der Waals surface area contributed by atoms with Crippen molar-refractivity contribution in [2.75, 3.05) is 39.8 Å². The van der Waals surface area contributed by atoms with E-state index in [0.717, 1.165) is 5.70 Å². The highest BCUT2D eigenvalue weighted by molar-refractivity contribution is 5.93. The van der Waals surface area contributed by atoms with E-state index >= 15 is 0 Å². The van der Waals surface area contributed by atoms with E-state index in [1.807, 2.05) is 0 Å². The predicted octanol–water partition coefficient (Wildman–Crippen LogP) is -0.746. The Morgan fingerprint density at radius 2 is 1.52 bits per heavy atom. The van der Waals surface area contributed by atoms with Gasteiger partial charge in [0.15, 0.2) is 0 Å². The van der Waals surface area contributed by atoms with Crippen LogP contribution in [0.15, 0.2) is 49.0 Å². The third-order valence-corrected chi connectivity index (χ3v) is 4.36. The van der Waals surface area contributed by atoms with E-state index in [1.54, 1.807) is 13.1 Å². The Hall–Kier alpha value is -3.56. The third kappa shape index (κ3) is 10.7. The molecule has 0 saturated carbocycles. The molecule has 5 N–H and O–H groups in total. The molecule has 10 nitrogen and oxygen atoms in total. The van der Waals surface area contributed by atoms with Gasteiger partial charge in [-0.05, 0) is 12.5 Å². The minimum atomic E-state index is -0.369. The molecule has 0 aromatic heterocycles. The number of amides is 4. The lowest BCUT2D eigenvalue weighted by Gasteiger charge is -2.16. The average molecular weight is 433 g/mol. The van der Waals surface area contributed by atoms with Gasteiger partial charge < -0.3 is 31.5 Å². The van der Waals surface area contributed by atoms with E-state index in [9.17, 15) is 19.2 Å². The standard InChI is InChI=1S/C21H32N6O4/c1-15(22-4)9-10-23-19(29)14-26-20(30)13-24-16(2)12-25-18(28)6-5-11-27-17(3)7-8-21(27)31/h7-8,22,24H,1-3,5-6,9-14H2,4H3,(H,23,29)(H,25,28)(H,26,30). The Balaban J connectivity index is 2.08. The second-order valence-corrected chi connectivity index (χ2v) is 6.88. The maximum atomic E-state index is 11.9. The number of carbonyl (C=O) groups excluding carboxylic acids is 4. The van der Waals surface area contributed by atoms with Gasteiger partial charge in [0.25, 0.3) is 5.91 Å². The first-order valence-corrected chi connectivity index (χ1v) is 9.98. The van der Waals surface area contributed by atoms with Gasteiger partial charge >= 0.3 is 0 Å². The monoisotopic (exact) mass is 432 g/mol. The maximum Gasteiger partial charge on any atom is 0.251 e. The largest absolute Gasteiger partial charge is 0.392 e. The Labute approximate surface area is 182 Å². The average Bonchev–Trinajstić information content (AvgIpc) is 3.06. The van der Waals surface area contributed by atoms with Crippen LogP contribution in [0, 0.1) is 0 Å². The summed E-state index contributed by atoms with van der Waals surface area (Å²) in [6, 6.07) is 0. The minimum Gasteiger partial charge on any atom is -0.392 e. The van der Waals surface area contributed by atoms with Crippen LogP contribution < -0.4 is 26.6 Å². The SMILES string of the molecule is C=C(CCNC(=O)CNC(=O)CNC(=C)CNC(=O)CCCN1C(=C)C=CC1=O)NC. The number of nitrogens with one attached hydrogen (secondary N) is 5. The third-order valence-electron chi connectivity index (χ3n) is 4.36. The summed E-state index contributed by atoms with van der Waals surface area (Å²) in [5, 5.41) is 13.5. The molecule has 1 rings (SSSR count). The first kappa shape index (κ1) is 25.5. The highest BCUT2D eigenvalue weighted by atomic mass is 16.2.